The average molecular weight is 340 g/mol. The van der Waals surface area contributed by atoms with Gasteiger partial charge in [-0.1, -0.05) is 12.1 Å². The molecule has 7 heteroatoms. The van der Waals surface area contributed by atoms with Crippen molar-refractivity contribution in [1.82, 2.24) is 15.1 Å². The fourth-order valence-electron chi connectivity index (χ4n) is 3.47. The Balaban J connectivity index is 1.58. The third kappa shape index (κ3) is 2.47. The minimum absolute atomic E-state index is 0.157. The maximum Gasteiger partial charge on any atom is 0.278 e. The lowest BCUT2D eigenvalue weighted by molar-refractivity contribution is -0.147. The second kappa shape index (κ2) is 5.61. The first kappa shape index (κ1) is 15.7. The van der Waals surface area contributed by atoms with Crippen LogP contribution >= 0.6 is 0 Å². The summed E-state index contributed by atoms with van der Waals surface area (Å²) < 4.78 is 7.63. The summed E-state index contributed by atoms with van der Waals surface area (Å²) in [6.45, 7) is 1.50. The molecule has 2 aliphatic rings. The van der Waals surface area contributed by atoms with Crippen LogP contribution < -0.4 is 15.4 Å². The minimum atomic E-state index is -1.60. The zero-order valence-corrected chi connectivity index (χ0v) is 14.2. The molecule has 1 aliphatic carbocycles. The highest BCUT2D eigenvalue weighted by molar-refractivity contribution is 6.15. The molecule has 7 nitrogen and oxygen atoms in total. The minimum Gasteiger partial charge on any atom is -0.466 e. The van der Waals surface area contributed by atoms with Gasteiger partial charge in [-0.3, -0.25) is 14.3 Å². The molecule has 25 heavy (non-hydrogen) atoms. The van der Waals surface area contributed by atoms with Gasteiger partial charge in [0.25, 0.3) is 17.4 Å². The maximum atomic E-state index is 12.9. The van der Waals surface area contributed by atoms with E-state index in [1.807, 2.05) is 11.7 Å². The first-order chi connectivity index (χ1) is 12.0. The molecule has 1 aromatic heterocycles. The number of fused-ring (bicyclic) bond motifs is 2. The molecule has 1 aliphatic heterocycles. The lowest BCUT2D eigenvalue weighted by Gasteiger charge is -2.35. The second-order valence-corrected chi connectivity index (χ2v) is 6.67. The van der Waals surface area contributed by atoms with Crippen LogP contribution in [0, 0.1) is 0 Å². The molecule has 0 saturated carbocycles. The van der Waals surface area contributed by atoms with Crippen molar-refractivity contribution in [3.8, 4) is 5.75 Å². The SMILES string of the molecule is Cn1ncc2c1CCC[C@@H]2NC(=O)[C@]1(C)Oc2ccccc2NC1=O. The van der Waals surface area contributed by atoms with Crippen molar-refractivity contribution in [2.45, 2.75) is 37.8 Å². The number of aromatic nitrogens is 2. The Kier molecular flexibility index (Phi) is 3.52. The van der Waals surface area contributed by atoms with Crippen molar-refractivity contribution >= 4 is 17.5 Å². The smallest absolute Gasteiger partial charge is 0.278 e. The van der Waals surface area contributed by atoms with Gasteiger partial charge in [-0.25, -0.2) is 0 Å². The largest absolute Gasteiger partial charge is 0.466 e. The summed E-state index contributed by atoms with van der Waals surface area (Å²) in [5.74, 6) is -0.419. The summed E-state index contributed by atoms with van der Waals surface area (Å²) in [7, 11) is 1.90. The van der Waals surface area contributed by atoms with Gasteiger partial charge in [0, 0.05) is 18.3 Å². The Hall–Kier alpha value is -2.83. The number of carbonyl (C=O) groups is 2. The van der Waals surface area contributed by atoms with E-state index in [1.54, 1.807) is 30.5 Å². The van der Waals surface area contributed by atoms with E-state index in [0.717, 1.165) is 30.5 Å². The monoisotopic (exact) mass is 340 g/mol. The van der Waals surface area contributed by atoms with Crippen LogP contribution in [0.15, 0.2) is 30.5 Å². The van der Waals surface area contributed by atoms with Gasteiger partial charge in [0.1, 0.15) is 5.75 Å². The number of hydrogen-bond donors (Lipinski definition) is 2. The summed E-state index contributed by atoms with van der Waals surface area (Å²) in [5, 5.41) is 10.0. The standard InChI is InChI=1S/C18H20N4O3/c1-18(17(24)21-13-6-3-4-9-15(13)25-18)16(23)20-12-7-5-8-14-11(12)10-19-22(14)2/h3-4,6,9-10,12H,5,7-8H2,1-2H3,(H,20,23)(H,21,24)/t12-,18-/m0/s1. The Morgan fingerprint density at radius 3 is 3.08 bits per heavy atom. The molecule has 0 radical (unpaired) electrons. The van der Waals surface area contributed by atoms with Crippen LogP contribution in [0.1, 0.15) is 37.1 Å². The van der Waals surface area contributed by atoms with E-state index in [4.69, 9.17) is 4.74 Å². The number of para-hydroxylation sites is 2. The molecule has 130 valence electrons. The summed E-state index contributed by atoms with van der Waals surface area (Å²) >= 11 is 0. The lowest BCUT2D eigenvalue weighted by Crippen LogP contribution is -2.59. The molecule has 2 amide bonds. The Morgan fingerprint density at radius 2 is 2.24 bits per heavy atom. The lowest BCUT2D eigenvalue weighted by atomic mass is 9.91. The Bertz CT molecular complexity index is 860. The Labute approximate surface area is 145 Å². The molecule has 2 heterocycles. The molecular weight excluding hydrogens is 320 g/mol. The molecule has 0 unspecified atom stereocenters. The van der Waals surface area contributed by atoms with Gasteiger partial charge in [0.05, 0.1) is 17.9 Å². The number of aryl methyl sites for hydroxylation is 1. The van der Waals surface area contributed by atoms with Crippen LogP contribution in [-0.4, -0.2) is 27.2 Å². The number of benzene rings is 1. The van der Waals surface area contributed by atoms with Crippen molar-refractivity contribution in [2.24, 2.45) is 7.05 Å². The van der Waals surface area contributed by atoms with Crippen LogP contribution in [0.25, 0.3) is 0 Å². The van der Waals surface area contributed by atoms with E-state index in [2.05, 4.69) is 15.7 Å². The predicted molar refractivity (Wildman–Crippen MR) is 91.1 cm³/mol. The molecule has 0 bridgehead atoms. The summed E-state index contributed by atoms with van der Waals surface area (Å²) in [6.07, 6.45) is 4.52. The number of carbonyl (C=O) groups excluding carboxylic acids is 2. The number of nitrogens with one attached hydrogen (secondary N) is 2. The van der Waals surface area contributed by atoms with E-state index >= 15 is 0 Å². The molecule has 0 saturated heterocycles. The van der Waals surface area contributed by atoms with Crippen molar-refractivity contribution in [3.05, 3.63) is 41.7 Å². The molecule has 2 N–H and O–H groups in total. The van der Waals surface area contributed by atoms with Gasteiger partial charge < -0.3 is 15.4 Å². The van der Waals surface area contributed by atoms with Crippen LogP contribution in [0.2, 0.25) is 0 Å². The maximum absolute atomic E-state index is 12.9. The summed E-state index contributed by atoms with van der Waals surface area (Å²) in [5.41, 5.74) is 1.11. The van der Waals surface area contributed by atoms with E-state index in [0.29, 0.717) is 11.4 Å². The van der Waals surface area contributed by atoms with Crippen LogP contribution in [0.5, 0.6) is 5.75 Å². The fourth-order valence-corrected chi connectivity index (χ4v) is 3.47. The van der Waals surface area contributed by atoms with Crippen LogP contribution in [-0.2, 0) is 23.1 Å². The fraction of sp³-hybridized carbons (Fsp3) is 0.389. The number of ether oxygens (including phenoxy) is 1. The molecule has 0 fully saturated rings. The highest BCUT2D eigenvalue weighted by atomic mass is 16.5. The first-order valence-electron chi connectivity index (χ1n) is 8.40. The zero-order valence-electron chi connectivity index (χ0n) is 14.2. The number of anilines is 1. The van der Waals surface area contributed by atoms with Crippen molar-refractivity contribution in [3.63, 3.8) is 0 Å². The highest BCUT2D eigenvalue weighted by Gasteiger charge is 2.48. The van der Waals surface area contributed by atoms with E-state index in [9.17, 15) is 9.59 Å². The topological polar surface area (TPSA) is 85.2 Å². The van der Waals surface area contributed by atoms with E-state index in [1.165, 1.54) is 6.92 Å². The van der Waals surface area contributed by atoms with Crippen molar-refractivity contribution < 1.29 is 14.3 Å². The number of rotatable bonds is 2. The van der Waals surface area contributed by atoms with Crippen LogP contribution in [0.3, 0.4) is 0 Å². The summed E-state index contributed by atoms with van der Waals surface area (Å²) in [6, 6.07) is 6.93. The first-order valence-corrected chi connectivity index (χ1v) is 8.40. The van der Waals surface area contributed by atoms with Crippen molar-refractivity contribution in [2.75, 3.05) is 5.32 Å². The molecule has 0 spiro atoms. The van der Waals surface area contributed by atoms with Gasteiger partial charge in [-0.15, -0.1) is 0 Å². The molecule has 2 atom stereocenters. The molecule has 1 aromatic carbocycles. The predicted octanol–water partition coefficient (Wildman–Crippen LogP) is 1.70. The highest BCUT2D eigenvalue weighted by Crippen LogP contribution is 2.35. The average Bonchev–Trinajstić information content (AvgIpc) is 2.98. The molecular formula is C18H20N4O3. The van der Waals surface area contributed by atoms with Gasteiger partial charge in [-0.2, -0.15) is 5.10 Å². The third-order valence-corrected chi connectivity index (χ3v) is 5.00. The Morgan fingerprint density at radius 1 is 1.44 bits per heavy atom. The zero-order chi connectivity index (χ0) is 17.6. The van der Waals surface area contributed by atoms with Gasteiger partial charge in [0.15, 0.2) is 0 Å². The van der Waals surface area contributed by atoms with E-state index < -0.39 is 17.4 Å². The quantitative estimate of drug-likeness (QED) is 0.815. The molecule has 2 aromatic rings. The van der Waals surface area contributed by atoms with E-state index in [-0.39, 0.29) is 6.04 Å². The second-order valence-electron chi connectivity index (χ2n) is 6.67. The van der Waals surface area contributed by atoms with Gasteiger partial charge in [0.2, 0.25) is 0 Å². The third-order valence-electron chi connectivity index (χ3n) is 5.00. The van der Waals surface area contributed by atoms with Gasteiger partial charge in [-0.05, 0) is 38.3 Å². The van der Waals surface area contributed by atoms with Gasteiger partial charge >= 0.3 is 0 Å². The number of hydrogen-bond acceptors (Lipinski definition) is 4. The normalized spacial score (nSPS) is 24.6. The number of nitrogens with zero attached hydrogens (tertiary/aromatic N) is 2. The molecule has 4 rings (SSSR count). The summed E-state index contributed by atoms with van der Waals surface area (Å²) in [4.78, 5) is 25.4. The van der Waals surface area contributed by atoms with Crippen molar-refractivity contribution in [1.29, 1.82) is 0 Å². The van der Waals surface area contributed by atoms with Crippen LogP contribution in [0.4, 0.5) is 5.69 Å². The number of amides is 2.